The van der Waals surface area contributed by atoms with Gasteiger partial charge in [0.25, 0.3) is 0 Å². The number of nitrogens with zero attached hydrogens (tertiary/aromatic N) is 1. The summed E-state index contributed by atoms with van der Waals surface area (Å²) < 4.78 is 8.82. The zero-order valence-electron chi connectivity index (χ0n) is 29.2. The van der Waals surface area contributed by atoms with E-state index < -0.39 is 0 Å². The summed E-state index contributed by atoms with van der Waals surface area (Å²) >= 11 is 0. The molecule has 0 aliphatic carbocycles. The van der Waals surface area contributed by atoms with Gasteiger partial charge in [0, 0.05) is 28.9 Å². The van der Waals surface area contributed by atoms with Crippen molar-refractivity contribution in [1.29, 1.82) is 0 Å². The minimum Gasteiger partial charge on any atom is -0.494 e. The van der Waals surface area contributed by atoms with Gasteiger partial charge < -0.3 is 9.30 Å². The molecular formula is C42H69NO. The van der Waals surface area contributed by atoms with E-state index in [9.17, 15) is 0 Å². The van der Waals surface area contributed by atoms with Crippen molar-refractivity contribution in [2.45, 2.75) is 187 Å². The molecule has 0 amide bonds. The average molecular weight is 604 g/mol. The van der Waals surface area contributed by atoms with Crippen LogP contribution in [0, 0.1) is 0 Å². The van der Waals surface area contributed by atoms with Gasteiger partial charge in [0.15, 0.2) is 0 Å². The van der Waals surface area contributed by atoms with Gasteiger partial charge in [-0.1, -0.05) is 186 Å². The molecule has 3 aromatic rings. The third kappa shape index (κ3) is 14.4. The van der Waals surface area contributed by atoms with Crippen molar-refractivity contribution in [1.82, 2.24) is 4.57 Å². The third-order valence-corrected chi connectivity index (χ3v) is 9.75. The number of rotatable bonds is 29. The quantitative estimate of drug-likeness (QED) is 0.0720. The molecular weight excluding hydrogens is 534 g/mol. The summed E-state index contributed by atoms with van der Waals surface area (Å²) in [5.41, 5.74) is 2.71. The van der Waals surface area contributed by atoms with Gasteiger partial charge in [-0.15, -0.1) is 0 Å². The fraction of sp³-hybridized carbons (Fsp3) is 0.714. The van der Waals surface area contributed by atoms with Crippen LogP contribution in [0.5, 0.6) is 5.75 Å². The Kier molecular flexibility index (Phi) is 20.2. The topological polar surface area (TPSA) is 14.2 Å². The lowest BCUT2D eigenvalue weighted by atomic mass is 10.0. The smallest absolute Gasteiger partial charge is 0.121 e. The van der Waals surface area contributed by atoms with Gasteiger partial charge in [0.2, 0.25) is 0 Å². The predicted octanol–water partition coefficient (Wildman–Crippen LogP) is 14.4. The summed E-state index contributed by atoms with van der Waals surface area (Å²) in [6.07, 6.45) is 36.3. The van der Waals surface area contributed by atoms with Crippen LogP contribution in [0.2, 0.25) is 0 Å². The predicted molar refractivity (Wildman–Crippen MR) is 196 cm³/mol. The molecule has 0 spiro atoms. The number of para-hydroxylation sites is 1. The molecule has 2 aromatic carbocycles. The van der Waals surface area contributed by atoms with E-state index in [0.717, 1.165) is 25.3 Å². The first-order chi connectivity index (χ1) is 21.8. The summed E-state index contributed by atoms with van der Waals surface area (Å²) in [6.45, 7) is 6.53. The average Bonchev–Trinajstić information content (AvgIpc) is 3.36. The zero-order valence-corrected chi connectivity index (χ0v) is 29.2. The molecule has 2 nitrogen and oxygen atoms in total. The molecule has 3 rings (SSSR count). The maximum atomic E-state index is 6.26. The van der Waals surface area contributed by atoms with Crippen LogP contribution in [0.4, 0.5) is 0 Å². The van der Waals surface area contributed by atoms with Gasteiger partial charge in [0.1, 0.15) is 5.75 Å². The van der Waals surface area contributed by atoms with E-state index in [0.29, 0.717) is 0 Å². The molecule has 248 valence electrons. The Morgan fingerprint density at radius 1 is 0.432 bits per heavy atom. The van der Waals surface area contributed by atoms with Crippen molar-refractivity contribution < 1.29 is 4.74 Å². The maximum Gasteiger partial charge on any atom is 0.121 e. The van der Waals surface area contributed by atoms with Gasteiger partial charge in [-0.05, 0) is 31.0 Å². The van der Waals surface area contributed by atoms with Crippen LogP contribution in [-0.4, -0.2) is 11.2 Å². The number of benzene rings is 2. The lowest BCUT2D eigenvalue weighted by Crippen LogP contribution is -2.00. The molecule has 44 heavy (non-hydrogen) atoms. The minimum absolute atomic E-state index is 0.835. The SMILES string of the molecule is CCCCCCCCCCCCCCCCCCn1c2ccccc2c2ccc(OCCCCCCCCCCCC)cc21. The van der Waals surface area contributed by atoms with E-state index in [-0.39, 0.29) is 0 Å². The van der Waals surface area contributed by atoms with E-state index in [1.165, 1.54) is 182 Å². The number of hydrogen-bond acceptors (Lipinski definition) is 1. The molecule has 0 fully saturated rings. The Labute approximate surface area is 272 Å². The Morgan fingerprint density at radius 2 is 0.864 bits per heavy atom. The highest BCUT2D eigenvalue weighted by atomic mass is 16.5. The molecule has 0 unspecified atom stereocenters. The van der Waals surface area contributed by atoms with E-state index in [1.54, 1.807) is 0 Å². The lowest BCUT2D eigenvalue weighted by molar-refractivity contribution is 0.304. The van der Waals surface area contributed by atoms with Gasteiger partial charge >= 0.3 is 0 Å². The number of unbranched alkanes of at least 4 members (excludes halogenated alkanes) is 24. The van der Waals surface area contributed by atoms with Crippen molar-refractivity contribution >= 4 is 21.8 Å². The minimum atomic E-state index is 0.835. The number of fused-ring (bicyclic) bond motifs is 3. The molecule has 0 saturated carbocycles. The van der Waals surface area contributed by atoms with Gasteiger partial charge in [-0.25, -0.2) is 0 Å². The Bertz CT molecular complexity index is 1100. The first-order valence-electron chi connectivity index (χ1n) is 19.5. The van der Waals surface area contributed by atoms with E-state index in [4.69, 9.17) is 4.74 Å². The zero-order chi connectivity index (χ0) is 30.9. The van der Waals surface area contributed by atoms with Crippen molar-refractivity contribution in [3.05, 3.63) is 42.5 Å². The van der Waals surface area contributed by atoms with Gasteiger partial charge in [-0.2, -0.15) is 0 Å². The monoisotopic (exact) mass is 604 g/mol. The molecule has 1 aromatic heterocycles. The molecule has 0 saturated heterocycles. The molecule has 2 heteroatoms. The largest absolute Gasteiger partial charge is 0.494 e. The van der Waals surface area contributed by atoms with Crippen molar-refractivity contribution in [2.75, 3.05) is 6.61 Å². The Balaban J connectivity index is 1.30. The van der Waals surface area contributed by atoms with Crippen molar-refractivity contribution in [3.63, 3.8) is 0 Å². The van der Waals surface area contributed by atoms with E-state index >= 15 is 0 Å². The molecule has 0 atom stereocenters. The van der Waals surface area contributed by atoms with Gasteiger partial charge in [0.05, 0.1) is 12.1 Å². The molecule has 0 N–H and O–H groups in total. The molecule has 1 heterocycles. The highest BCUT2D eigenvalue weighted by molar-refractivity contribution is 6.08. The fourth-order valence-electron chi connectivity index (χ4n) is 6.96. The summed E-state index contributed by atoms with van der Waals surface area (Å²) in [7, 11) is 0. The number of ether oxygens (including phenoxy) is 1. The number of aryl methyl sites for hydroxylation is 1. The van der Waals surface area contributed by atoms with Crippen LogP contribution in [0.3, 0.4) is 0 Å². The van der Waals surface area contributed by atoms with Gasteiger partial charge in [-0.3, -0.25) is 0 Å². The summed E-state index contributed by atoms with van der Waals surface area (Å²) in [4.78, 5) is 0. The van der Waals surface area contributed by atoms with Crippen LogP contribution in [-0.2, 0) is 6.54 Å². The van der Waals surface area contributed by atoms with Crippen LogP contribution in [0.1, 0.15) is 181 Å². The first kappa shape index (κ1) is 36.5. The second-order valence-corrected chi connectivity index (χ2v) is 13.7. The number of hydrogen-bond donors (Lipinski definition) is 0. The Morgan fingerprint density at radius 3 is 1.39 bits per heavy atom. The fourth-order valence-corrected chi connectivity index (χ4v) is 6.96. The van der Waals surface area contributed by atoms with Crippen LogP contribution in [0.25, 0.3) is 21.8 Å². The van der Waals surface area contributed by atoms with Crippen LogP contribution < -0.4 is 4.74 Å². The van der Waals surface area contributed by atoms with Crippen molar-refractivity contribution in [2.24, 2.45) is 0 Å². The standard InChI is InChI=1S/C42H69NO/c1-3-5-7-9-11-13-15-16-17-18-19-20-21-23-25-29-35-43-41-32-28-27-31-39(41)40-34-33-38(37-42(40)43)44-36-30-26-24-22-14-12-10-8-6-4-2/h27-28,31-34,37H,3-26,29-30,35-36H2,1-2H3. The molecule has 0 radical (unpaired) electrons. The first-order valence-corrected chi connectivity index (χ1v) is 19.5. The van der Waals surface area contributed by atoms with E-state index in [1.807, 2.05) is 0 Å². The third-order valence-electron chi connectivity index (χ3n) is 9.75. The lowest BCUT2D eigenvalue weighted by Gasteiger charge is -2.10. The summed E-state index contributed by atoms with van der Waals surface area (Å²) in [5, 5.41) is 2.74. The van der Waals surface area contributed by atoms with E-state index in [2.05, 4.69) is 60.9 Å². The highest BCUT2D eigenvalue weighted by Crippen LogP contribution is 2.32. The van der Waals surface area contributed by atoms with Crippen LogP contribution >= 0.6 is 0 Å². The molecule has 0 aliphatic rings. The maximum absolute atomic E-state index is 6.26. The van der Waals surface area contributed by atoms with Crippen LogP contribution in [0.15, 0.2) is 42.5 Å². The normalized spacial score (nSPS) is 11.7. The second-order valence-electron chi connectivity index (χ2n) is 13.7. The molecule has 0 bridgehead atoms. The highest BCUT2D eigenvalue weighted by Gasteiger charge is 2.11. The Hall–Kier alpha value is -1.96. The van der Waals surface area contributed by atoms with Crippen molar-refractivity contribution in [3.8, 4) is 5.75 Å². The molecule has 0 aliphatic heterocycles. The second kappa shape index (κ2) is 24.3. The number of aromatic nitrogens is 1. The summed E-state index contributed by atoms with van der Waals surface area (Å²) in [6, 6.07) is 15.7. The summed E-state index contributed by atoms with van der Waals surface area (Å²) in [5.74, 6) is 1.03.